The van der Waals surface area contributed by atoms with Gasteiger partial charge < -0.3 is 5.11 Å². The van der Waals surface area contributed by atoms with Crippen LogP contribution < -0.4 is 0 Å². The number of unbranched alkanes of at least 4 members (excludes halogenated alkanes) is 1. The highest BCUT2D eigenvalue weighted by molar-refractivity contribution is 4.90. The van der Waals surface area contributed by atoms with E-state index in [1.807, 2.05) is 6.92 Å². The van der Waals surface area contributed by atoms with Crippen LogP contribution in [0, 0.1) is 10.1 Å². The van der Waals surface area contributed by atoms with E-state index in [2.05, 4.69) is 0 Å². The third-order valence-corrected chi connectivity index (χ3v) is 3.18. The van der Waals surface area contributed by atoms with Gasteiger partial charge in [0.25, 0.3) is 0 Å². The van der Waals surface area contributed by atoms with Gasteiger partial charge in [-0.25, -0.2) is 0 Å². The van der Waals surface area contributed by atoms with Crippen molar-refractivity contribution in [2.24, 2.45) is 0 Å². The van der Waals surface area contributed by atoms with Crippen LogP contribution in [0.3, 0.4) is 0 Å². The third kappa shape index (κ3) is 2.44. The van der Waals surface area contributed by atoms with Gasteiger partial charge in [0.05, 0.1) is 0 Å². The zero-order valence-electron chi connectivity index (χ0n) is 8.74. The molecular formula is C10H19NO3. The monoisotopic (exact) mass is 201 g/mol. The minimum atomic E-state index is -1.03. The van der Waals surface area contributed by atoms with E-state index in [1.165, 1.54) is 0 Å². The summed E-state index contributed by atoms with van der Waals surface area (Å²) in [6.45, 7) is 2.04. The van der Waals surface area contributed by atoms with E-state index in [0.29, 0.717) is 19.3 Å². The van der Waals surface area contributed by atoms with E-state index < -0.39 is 11.6 Å². The van der Waals surface area contributed by atoms with Gasteiger partial charge in [-0.1, -0.05) is 26.2 Å². The summed E-state index contributed by atoms with van der Waals surface area (Å²) in [6.07, 6.45) is 5.36. The molecule has 1 saturated carbocycles. The van der Waals surface area contributed by atoms with Gasteiger partial charge in [-0.15, -0.1) is 0 Å². The number of hydrogen-bond donors (Lipinski definition) is 1. The van der Waals surface area contributed by atoms with Crippen molar-refractivity contribution in [3.05, 3.63) is 10.1 Å². The highest BCUT2D eigenvalue weighted by Crippen LogP contribution is 2.34. The summed E-state index contributed by atoms with van der Waals surface area (Å²) < 4.78 is 0. The number of nitrogens with zero attached hydrogens (tertiary/aromatic N) is 1. The van der Waals surface area contributed by atoms with Gasteiger partial charge in [-0.05, 0) is 19.3 Å². The Morgan fingerprint density at radius 2 is 2.29 bits per heavy atom. The molecule has 1 fully saturated rings. The van der Waals surface area contributed by atoms with Gasteiger partial charge in [-0.3, -0.25) is 10.1 Å². The van der Waals surface area contributed by atoms with Crippen LogP contribution >= 0.6 is 0 Å². The first-order valence-corrected chi connectivity index (χ1v) is 5.46. The van der Waals surface area contributed by atoms with Crippen LogP contribution in [0.2, 0.25) is 0 Å². The smallest absolute Gasteiger partial charge is 0.241 e. The molecule has 0 aromatic heterocycles. The molecular weight excluding hydrogens is 182 g/mol. The van der Waals surface area contributed by atoms with Crippen molar-refractivity contribution in [1.82, 2.24) is 0 Å². The zero-order valence-corrected chi connectivity index (χ0v) is 8.74. The summed E-state index contributed by atoms with van der Waals surface area (Å²) in [5, 5.41) is 21.0. The van der Waals surface area contributed by atoms with Gasteiger partial charge in [0.1, 0.15) is 5.60 Å². The topological polar surface area (TPSA) is 63.4 Å². The predicted molar refractivity (Wildman–Crippen MR) is 53.7 cm³/mol. The SMILES string of the molecule is CCCC[C@]1(O)CCCC[C@@H]1[N+](=O)[O-]. The van der Waals surface area contributed by atoms with E-state index in [1.54, 1.807) is 0 Å². The van der Waals surface area contributed by atoms with Crippen LogP contribution in [0.15, 0.2) is 0 Å². The van der Waals surface area contributed by atoms with Crippen molar-refractivity contribution in [2.45, 2.75) is 63.5 Å². The van der Waals surface area contributed by atoms with Crippen molar-refractivity contribution in [2.75, 3.05) is 0 Å². The minimum Gasteiger partial charge on any atom is -0.383 e. The molecule has 4 nitrogen and oxygen atoms in total. The molecule has 0 aliphatic heterocycles. The summed E-state index contributed by atoms with van der Waals surface area (Å²) in [7, 11) is 0. The van der Waals surface area contributed by atoms with E-state index in [4.69, 9.17) is 0 Å². The van der Waals surface area contributed by atoms with Crippen LogP contribution in [-0.2, 0) is 0 Å². The van der Waals surface area contributed by atoms with Crippen molar-refractivity contribution in [3.8, 4) is 0 Å². The molecule has 0 saturated heterocycles. The second kappa shape index (κ2) is 4.73. The Morgan fingerprint density at radius 1 is 1.57 bits per heavy atom. The number of aliphatic hydroxyl groups is 1. The third-order valence-electron chi connectivity index (χ3n) is 3.18. The molecule has 0 radical (unpaired) electrons. The van der Waals surface area contributed by atoms with Crippen LogP contribution in [-0.4, -0.2) is 21.7 Å². The van der Waals surface area contributed by atoms with E-state index in [0.717, 1.165) is 25.7 Å². The fourth-order valence-corrected chi connectivity index (χ4v) is 2.28. The molecule has 1 aliphatic rings. The Morgan fingerprint density at radius 3 is 2.86 bits per heavy atom. The summed E-state index contributed by atoms with van der Waals surface area (Å²) in [5.41, 5.74) is -1.03. The molecule has 0 spiro atoms. The molecule has 14 heavy (non-hydrogen) atoms. The largest absolute Gasteiger partial charge is 0.383 e. The second-order valence-corrected chi connectivity index (χ2v) is 4.25. The summed E-state index contributed by atoms with van der Waals surface area (Å²) in [4.78, 5) is 10.5. The first kappa shape index (κ1) is 11.4. The molecule has 4 heteroatoms. The first-order valence-electron chi connectivity index (χ1n) is 5.46. The van der Waals surface area contributed by atoms with E-state index in [9.17, 15) is 15.2 Å². The normalized spacial score (nSPS) is 32.9. The molecule has 2 atom stereocenters. The summed E-state index contributed by atoms with van der Waals surface area (Å²) in [6, 6.07) is -0.734. The molecule has 0 aromatic carbocycles. The van der Waals surface area contributed by atoms with Gasteiger partial charge in [0.15, 0.2) is 0 Å². The maximum absolute atomic E-state index is 10.8. The van der Waals surface area contributed by atoms with Crippen LogP contribution in [0.25, 0.3) is 0 Å². The van der Waals surface area contributed by atoms with Gasteiger partial charge >= 0.3 is 0 Å². The molecule has 1 N–H and O–H groups in total. The summed E-state index contributed by atoms with van der Waals surface area (Å²) >= 11 is 0. The number of rotatable bonds is 4. The standard InChI is InChI=1S/C10H19NO3/c1-2-3-7-10(12)8-5-4-6-9(10)11(13)14/h9,12H,2-8H2,1H3/t9-,10-/m0/s1. The Labute approximate surface area is 84.5 Å². The molecule has 0 heterocycles. The minimum absolute atomic E-state index is 0.297. The highest BCUT2D eigenvalue weighted by Gasteiger charge is 2.46. The lowest BCUT2D eigenvalue weighted by molar-refractivity contribution is -0.550. The lowest BCUT2D eigenvalue weighted by atomic mass is 9.77. The number of nitro groups is 1. The van der Waals surface area contributed by atoms with Crippen molar-refractivity contribution in [1.29, 1.82) is 0 Å². The fourth-order valence-electron chi connectivity index (χ4n) is 2.28. The lowest BCUT2D eigenvalue weighted by Gasteiger charge is -2.34. The zero-order chi connectivity index (χ0) is 10.6. The van der Waals surface area contributed by atoms with Crippen molar-refractivity contribution >= 4 is 0 Å². The fraction of sp³-hybridized carbons (Fsp3) is 1.00. The van der Waals surface area contributed by atoms with Crippen LogP contribution in [0.5, 0.6) is 0 Å². The van der Waals surface area contributed by atoms with E-state index in [-0.39, 0.29) is 4.92 Å². The predicted octanol–water partition coefficient (Wildman–Crippen LogP) is 2.13. The van der Waals surface area contributed by atoms with E-state index >= 15 is 0 Å². The Bertz CT molecular complexity index is 208. The Hall–Kier alpha value is -0.640. The average molecular weight is 201 g/mol. The maximum atomic E-state index is 10.8. The lowest BCUT2D eigenvalue weighted by Crippen LogP contribution is -2.49. The molecule has 0 amide bonds. The highest BCUT2D eigenvalue weighted by atomic mass is 16.6. The molecule has 1 rings (SSSR count). The van der Waals surface area contributed by atoms with Crippen molar-refractivity contribution < 1.29 is 10.0 Å². The summed E-state index contributed by atoms with van der Waals surface area (Å²) in [5.74, 6) is 0. The molecule has 82 valence electrons. The second-order valence-electron chi connectivity index (χ2n) is 4.25. The number of hydrogen-bond acceptors (Lipinski definition) is 3. The Balaban J connectivity index is 2.64. The molecule has 0 bridgehead atoms. The molecule has 0 unspecified atom stereocenters. The van der Waals surface area contributed by atoms with Crippen LogP contribution in [0.1, 0.15) is 51.9 Å². The van der Waals surface area contributed by atoms with Gasteiger partial charge in [0.2, 0.25) is 6.04 Å². The Kier molecular flexibility index (Phi) is 3.86. The van der Waals surface area contributed by atoms with Crippen molar-refractivity contribution in [3.63, 3.8) is 0 Å². The molecule has 1 aliphatic carbocycles. The van der Waals surface area contributed by atoms with Gasteiger partial charge in [-0.2, -0.15) is 0 Å². The molecule has 0 aromatic rings. The average Bonchev–Trinajstić information content (AvgIpc) is 2.15. The van der Waals surface area contributed by atoms with Gasteiger partial charge in [0, 0.05) is 11.3 Å². The quantitative estimate of drug-likeness (QED) is 0.559. The first-order chi connectivity index (χ1) is 6.60. The van der Waals surface area contributed by atoms with Crippen LogP contribution in [0.4, 0.5) is 0 Å². The maximum Gasteiger partial charge on any atom is 0.241 e.